The molecule has 0 saturated carbocycles. The van der Waals surface area contributed by atoms with Crippen LogP contribution in [-0.4, -0.2) is 36.4 Å². The van der Waals surface area contributed by atoms with Gasteiger partial charge in [-0.2, -0.15) is 0 Å². The number of aliphatic imine (C=N–C) groups is 1. The van der Waals surface area contributed by atoms with Crippen molar-refractivity contribution in [3.05, 3.63) is 29.8 Å². The van der Waals surface area contributed by atoms with Crippen LogP contribution in [0.25, 0.3) is 0 Å². The Hall–Kier alpha value is -2.04. The van der Waals surface area contributed by atoms with Gasteiger partial charge in [-0.05, 0) is 42.9 Å². The first-order valence-electron chi connectivity index (χ1n) is 8.57. The van der Waals surface area contributed by atoms with Gasteiger partial charge in [0.05, 0.1) is 6.54 Å². The van der Waals surface area contributed by atoms with Crippen molar-refractivity contribution in [3.8, 4) is 0 Å². The monoisotopic (exact) mass is 314 g/mol. The summed E-state index contributed by atoms with van der Waals surface area (Å²) in [5, 5.41) is 0. The van der Waals surface area contributed by atoms with E-state index in [1.54, 1.807) is 0 Å². The van der Waals surface area contributed by atoms with E-state index in [-0.39, 0.29) is 5.91 Å². The van der Waals surface area contributed by atoms with Gasteiger partial charge in [0.25, 0.3) is 0 Å². The number of guanidine groups is 1. The molecule has 5 heteroatoms. The Balaban J connectivity index is 1.57. The number of likely N-dealkylation sites (tertiary alicyclic amines) is 1. The molecule has 0 spiro atoms. The zero-order valence-corrected chi connectivity index (χ0v) is 13.9. The van der Waals surface area contributed by atoms with Crippen molar-refractivity contribution in [3.63, 3.8) is 0 Å². The van der Waals surface area contributed by atoms with Gasteiger partial charge >= 0.3 is 0 Å². The molecule has 5 nitrogen and oxygen atoms in total. The van der Waals surface area contributed by atoms with E-state index in [9.17, 15) is 4.79 Å². The minimum Gasteiger partial charge on any atom is -0.370 e. The van der Waals surface area contributed by atoms with Gasteiger partial charge in [-0.25, -0.2) is 4.99 Å². The van der Waals surface area contributed by atoms with Crippen LogP contribution in [0, 0.1) is 5.92 Å². The van der Waals surface area contributed by atoms with Crippen LogP contribution in [-0.2, 0) is 11.3 Å². The van der Waals surface area contributed by atoms with Gasteiger partial charge in [0.1, 0.15) is 0 Å². The smallest absolute Gasteiger partial charge is 0.227 e. The average Bonchev–Trinajstić information content (AvgIpc) is 3.00. The fourth-order valence-corrected chi connectivity index (χ4v) is 3.21. The third kappa shape index (κ3) is 3.84. The molecule has 0 aliphatic carbocycles. The second-order valence-corrected chi connectivity index (χ2v) is 6.66. The molecule has 0 radical (unpaired) electrons. The summed E-state index contributed by atoms with van der Waals surface area (Å²) in [6.45, 7) is 5.72. The molecular weight excluding hydrogens is 288 g/mol. The van der Waals surface area contributed by atoms with E-state index in [0.717, 1.165) is 43.2 Å². The number of nitrogens with two attached hydrogens (primary N) is 1. The number of benzene rings is 1. The van der Waals surface area contributed by atoms with Crippen molar-refractivity contribution in [2.24, 2.45) is 16.6 Å². The lowest BCUT2D eigenvalue weighted by Gasteiger charge is -2.31. The van der Waals surface area contributed by atoms with E-state index < -0.39 is 0 Å². The fourth-order valence-electron chi connectivity index (χ4n) is 3.21. The number of hydrogen-bond acceptors (Lipinski definition) is 2. The molecule has 0 aromatic heterocycles. The highest BCUT2D eigenvalue weighted by molar-refractivity contribution is 5.95. The number of carbonyl (C=O) groups excluding carboxylic acids is 1. The number of piperidine rings is 1. The normalized spacial score (nSPS) is 20.4. The zero-order chi connectivity index (χ0) is 16.2. The number of rotatable bonds is 3. The maximum Gasteiger partial charge on any atom is 0.227 e. The summed E-state index contributed by atoms with van der Waals surface area (Å²) < 4.78 is 0. The van der Waals surface area contributed by atoms with E-state index >= 15 is 0 Å². The van der Waals surface area contributed by atoms with Gasteiger partial charge in [-0.15, -0.1) is 0 Å². The first-order chi connectivity index (χ1) is 11.1. The van der Waals surface area contributed by atoms with Gasteiger partial charge in [0, 0.05) is 31.7 Å². The molecule has 2 fully saturated rings. The van der Waals surface area contributed by atoms with Crippen LogP contribution in [0.5, 0.6) is 0 Å². The van der Waals surface area contributed by atoms with Crippen LogP contribution in [0.1, 0.15) is 38.2 Å². The van der Waals surface area contributed by atoms with E-state index in [4.69, 9.17) is 5.73 Å². The van der Waals surface area contributed by atoms with E-state index in [2.05, 4.69) is 16.8 Å². The largest absolute Gasteiger partial charge is 0.370 e. The van der Waals surface area contributed by atoms with Crippen LogP contribution in [0.4, 0.5) is 5.69 Å². The van der Waals surface area contributed by atoms with Crippen molar-refractivity contribution >= 4 is 17.6 Å². The number of anilines is 1. The molecule has 1 amide bonds. The molecule has 3 rings (SSSR count). The van der Waals surface area contributed by atoms with E-state index in [0.29, 0.717) is 18.9 Å². The molecule has 0 atom stereocenters. The predicted octanol–water partition coefficient (Wildman–Crippen LogP) is 2.36. The lowest BCUT2D eigenvalue weighted by molar-refractivity contribution is -0.117. The Morgan fingerprint density at radius 1 is 1.22 bits per heavy atom. The summed E-state index contributed by atoms with van der Waals surface area (Å²) in [5.41, 5.74) is 8.22. The molecule has 124 valence electrons. The standard InChI is InChI=1S/C18H26N4O/c1-14-8-11-21(12-9-14)18(19)20-13-15-4-6-16(7-5-15)22-10-2-3-17(22)23/h4-7,14H,2-3,8-13H2,1H3,(H2,19,20). The Labute approximate surface area is 138 Å². The lowest BCUT2D eigenvalue weighted by atomic mass is 10.00. The molecule has 2 aliphatic heterocycles. The number of carbonyl (C=O) groups is 1. The third-order valence-electron chi connectivity index (χ3n) is 4.85. The zero-order valence-electron chi connectivity index (χ0n) is 13.9. The molecule has 1 aromatic rings. The van der Waals surface area contributed by atoms with Crippen LogP contribution in [0.2, 0.25) is 0 Å². The van der Waals surface area contributed by atoms with Crippen molar-refractivity contribution in [1.82, 2.24) is 4.90 Å². The second-order valence-electron chi connectivity index (χ2n) is 6.66. The van der Waals surface area contributed by atoms with Gasteiger partial charge in [0.15, 0.2) is 5.96 Å². The van der Waals surface area contributed by atoms with Crippen molar-refractivity contribution in [2.45, 2.75) is 39.2 Å². The molecule has 2 aliphatic rings. The molecule has 1 aromatic carbocycles. The minimum absolute atomic E-state index is 0.222. The lowest BCUT2D eigenvalue weighted by Crippen LogP contribution is -2.42. The topological polar surface area (TPSA) is 61.9 Å². The van der Waals surface area contributed by atoms with Gasteiger partial charge < -0.3 is 15.5 Å². The number of hydrogen-bond donors (Lipinski definition) is 1. The highest BCUT2D eigenvalue weighted by Crippen LogP contribution is 2.22. The van der Waals surface area contributed by atoms with E-state index in [1.807, 2.05) is 29.2 Å². The average molecular weight is 314 g/mol. The van der Waals surface area contributed by atoms with Gasteiger partial charge in [-0.1, -0.05) is 19.1 Å². The summed E-state index contributed by atoms with van der Waals surface area (Å²) in [6.07, 6.45) is 4.00. The molecular formula is C18H26N4O. The molecule has 2 heterocycles. The first kappa shape index (κ1) is 15.8. The fraction of sp³-hybridized carbons (Fsp3) is 0.556. The van der Waals surface area contributed by atoms with Gasteiger partial charge in [-0.3, -0.25) is 4.79 Å². The van der Waals surface area contributed by atoms with Gasteiger partial charge in [0.2, 0.25) is 5.91 Å². The molecule has 2 saturated heterocycles. The van der Waals surface area contributed by atoms with Crippen LogP contribution in [0.15, 0.2) is 29.3 Å². The maximum atomic E-state index is 11.8. The Bertz CT molecular complexity index is 573. The molecule has 23 heavy (non-hydrogen) atoms. The Morgan fingerprint density at radius 2 is 1.91 bits per heavy atom. The van der Waals surface area contributed by atoms with Crippen LogP contribution in [0.3, 0.4) is 0 Å². The van der Waals surface area contributed by atoms with Crippen LogP contribution >= 0.6 is 0 Å². The maximum absolute atomic E-state index is 11.8. The van der Waals surface area contributed by atoms with Crippen LogP contribution < -0.4 is 10.6 Å². The van der Waals surface area contributed by atoms with Crippen molar-refractivity contribution in [2.75, 3.05) is 24.5 Å². The summed E-state index contributed by atoms with van der Waals surface area (Å²) in [7, 11) is 0. The summed E-state index contributed by atoms with van der Waals surface area (Å²) in [4.78, 5) is 20.3. The Morgan fingerprint density at radius 3 is 2.52 bits per heavy atom. The highest BCUT2D eigenvalue weighted by atomic mass is 16.2. The first-order valence-corrected chi connectivity index (χ1v) is 8.57. The summed E-state index contributed by atoms with van der Waals surface area (Å²) in [6, 6.07) is 8.09. The number of amides is 1. The SMILES string of the molecule is CC1CCN(C(N)=NCc2ccc(N3CCCC3=O)cc2)CC1. The van der Waals surface area contributed by atoms with Crippen molar-refractivity contribution < 1.29 is 4.79 Å². The molecule has 0 bridgehead atoms. The second kappa shape index (κ2) is 7.02. The highest BCUT2D eigenvalue weighted by Gasteiger charge is 2.21. The van der Waals surface area contributed by atoms with Crippen molar-refractivity contribution in [1.29, 1.82) is 0 Å². The summed E-state index contributed by atoms with van der Waals surface area (Å²) >= 11 is 0. The Kier molecular flexibility index (Phi) is 4.84. The van der Waals surface area contributed by atoms with E-state index in [1.165, 1.54) is 12.8 Å². The summed E-state index contributed by atoms with van der Waals surface area (Å²) in [5.74, 6) is 1.66. The molecule has 0 unspecified atom stereocenters. The third-order valence-corrected chi connectivity index (χ3v) is 4.85. The number of nitrogens with zero attached hydrogens (tertiary/aromatic N) is 3. The molecule has 2 N–H and O–H groups in total. The minimum atomic E-state index is 0.222. The quantitative estimate of drug-likeness (QED) is 0.688. The predicted molar refractivity (Wildman–Crippen MR) is 93.3 cm³/mol.